The van der Waals surface area contributed by atoms with E-state index in [0.717, 1.165) is 20.3 Å². The van der Waals surface area contributed by atoms with Gasteiger partial charge in [-0.2, -0.15) is 0 Å². The number of nitrogens with zero attached hydrogens (tertiary/aromatic N) is 3. The van der Waals surface area contributed by atoms with Gasteiger partial charge in [-0.05, 0) is 53.8 Å². The van der Waals surface area contributed by atoms with Crippen LogP contribution in [0.15, 0.2) is 73.2 Å². The predicted octanol–water partition coefficient (Wildman–Crippen LogP) is 4.96. The Labute approximate surface area is 221 Å². The van der Waals surface area contributed by atoms with Crippen molar-refractivity contribution < 1.29 is 23.8 Å². The van der Waals surface area contributed by atoms with Crippen LogP contribution in [0.2, 0.25) is 0 Å². The maximum atomic E-state index is 12.9. The number of carbonyl (C=O) groups excluding carboxylic acids is 2. The van der Waals surface area contributed by atoms with E-state index in [9.17, 15) is 9.59 Å². The van der Waals surface area contributed by atoms with Crippen molar-refractivity contribution in [2.75, 3.05) is 6.61 Å². The van der Waals surface area contributed by atoms with Crippen molar-refractivity contribution >= 4 is 45.6 Å². The first-order valence-electron chi connectivity index (χ1n) is 11.6. The highest BCUT2D eigenvalue weighted by molar-refractivity contribution is 14.1. The molecule has 4 atom stereocenters. The van der Waals surface area contributed by atoms with E-state index >= 15 is 0 Å². The summed E-state index contributed by atoms with van der Waals surface area (Å²) < 4.78 is 20.9. The third kappa shape index (κ3) is 4.72. The van der Waals surface area contributed by atoms with Gasteiger partial charge >= 0.3 is 11.9 Å². The molecule has 0 radical (unpaired) electrons. The molecule has 1 fully saturated rings. The van der Waals surface area contributed by atoms with E-state index in [1.807, 2.05) is 36.7 Å². The quantitative estimate of drug-likeness (QED) is 0.229. The van der Waals surface area contributed by atoms with Crippen molar-refractivity contribution in [1.29, 1.82) is 0 Å². The second-order valence-corrected chi connectivity index (χ2v) is 9.83. The van der Waals surface area contributed by atoms with Gasteiger partial charge in [0.05, 0.1) is 22.2 Å². The van der Waals surface area contributed by atoms with E-state index in [4.69, 9.17) is 14.2 Å². The molecule has 0 saturated carbocycles. The molecule has 184 valence electrons. The Morgan fingerprint density at radius 2 is 1.64 bits per heavy atom. The van der Waals surface area contributed by atoms with Gasteiger partial charge in [-0.25, -0.2) is 19.6 Å². The summed E-state index contributed by atoms with van der Waals surface area (Å²) in [6.45, 7) is 3.83. The van der Waals surface area contributed by atoms with E-state index in [1.54, 1.807) is 48.5 Å². The van der Waals surface area contributed by atoms with Crippen molar-refractivity contribution in [3.8, 4) is 0 Å². The van der Waals surface area contributed by atoms with Gasteiger partial charge in [0.25, 0.3) is 0 Å². The number of benzene rings is 2. The monoisotopic (exact) mass is 597 g/mol. The number of halogens is 1. The molecule has 2 aromatic heterocycles. The molecule has 3 unspecified atom stereocenters. The summed E-state index contributed by atoms with van der Waals surface area (Å²) in [5.41, 5.74) is 2.49. The van der Waals surface area contributed by atoms with Crippen LogP contribution >= 0.6 is 22.6 Å². The lowest BCUT2D eigenvalue weighted by Gasteiger charge is -2.21. The molecule has 8 nitrogen and oxygen atoms in total. The SMILES string of the molecule is Cc1ncnc2c1c(I)cn2C1OC(COC(=O)c2ccccc2)C(OC(=O)c2ccccc2)[C@@H]1C. The Bertz CT molecular complexity index is 1390. The summed E-state index contributed by atoms with van der Waals surface area (Å²) in [6, 6.07) is 17.5. The number of carbonyl (C=O) groups is 2. The Kier molecular flexibility index (Phi) is 7.01. The molecule has 0 spiro atoms. The van der Waals surface area contributed by atoms with Gasteiger partial charge in [0.1, 0.15) is 37.0 Å². The van der Waals surface area contributed by atoms with Crippen LogP contribution in [-0.4, -0.2) is 45.3 Å². The van der Waals surface area contributed by atoms with Crippen LogP contribution in [0.1, 0.15) is 39.6 Å². The number of aromatic nitrogens is 3. The molecule has 1 saturated heterocycles. The van der Waals surface area contributed by atoms with Gasteiger partial charge < -0.3 is 18.8 Å². The second kappa shape index (κ2) is 10.4. The van der Waals surface area contributed by atoms with Gasteiger partial charge in [-0.15, -0.1) is 0 Å². The molecule has 4 aromatic rings. The van der Waals surface area contributed by atoms with E-state index in [1.165, 1.54) is 6.33 Å². The second-order valence-electron chi connectivity index (χ2n) is 8.67. The third-order valence-corrected chi connectivity index (χ3v) is 7.13. The van der Waals surface area contributed by atoms with Gasteiger partial charge in [0, 0.05) is 15.7 Å². The Morgan fingerprint density at radius 1 is 1.00 bits per heavy atom. The first-order valence-corrected chi connectivity index (χ1v) is 12.6. The molecule has 0 aliphatic carbocycles. The summed E-state index contributed by atoms with van der Waals surface area (Å²) in [6.07, 6.45) is 1.69. The third-order valence-electron chi connectivity index (χ3n) is 6.32. The minimum absolute atomic E-state index is 0.0639. The molecule has 1 aliphatic rings. The summed E-state index contributed by atoms with van der Waals surface area (Å²) in [7, 11) is 0. The largest absolute Gasteiger partial charge is 0.459 e. The molecule has 0 amide bonds. The molecule has 3 heterocycles. The smallest absolute Gasteiger partial charge is 0.338 e. The number of ether oxygens (including phenoxy) is 3. The van der Waals surface area contributed by atoms with Crippen molar-refractivity contribution in [1.82, 2.24) is 14.5 Å². The number of rotatable bonds is 6. The first-order chi connectivity index (χ1) is 17.4. The molecule has 5 rings (SSSR count). The minimum Gasteiger partial charge on any atom is -0.459 e. The van der Waals surface area contributed by atoms with E-state index in [2.05, 4.69) is 32.6 Å². The zero-order chi connectivity index (χ0) is 25.2. The normalized spacial score (nSPS) is 21.4. The number of esters is 2. The van der Waals surface area contributed by atoms with Crippen LogP contribution in [0.3, 0.4) is 0 Å². The predicted molar refractivity (Wildman–Crippen MR) is 140 cm³/mol. The molecular weight excluding hydrogens is 573 g/mol. The Balaban J connectivity index is 1.43. The van der Waals surface area contributed by atoms with Gasteiger partial charge in [0.15, 0.2) is 0 Å². The van der Waals surface area contributed by atoms with Gasteiger partial charge in [-0.1, -0.05) is 43.3 Å². The van der Waals surface area contributed by atoms with Crippen LogP contribution < -0.4 is 0 Å². The van der Waals surface area contributed by atoms with Gasteiger partial charge in [-0.3, -0.25) is 0 Å². The fourth-order valence-electron chi connectivity index (χ4n) is 4.48. The molecular formula is C27H24IN3O5. The highest BCUT2D eigenvalue weighted by atomic mass is 127. The molecule has 9 heteroatoms. The first kappa shape index (κ1) is 24.4. The highest BCUT2D eigenvalue weighted by Crippen LogP contribution is 2.40. The van der Waals surface area contributed by atoms with E-state index in [-0.39, 0.29) is 12.5 Å². The lowest BCUT2D eigenvalue weighted by molar-refractivity contribution is -0.0566. The van der Waals surface area contributed by atoms with E-state index < -0.39 is 30.4 Å². The van der Waals surface area contributed by atoms with E-state index in [0.29, 0.717) is 11.1 Å². The Morgan fingerprint density at radius 3 is 2.31 bits per heavy atom. The van der Waals surface area contributed by atoms with Crippen LogP contribution in [0.25, 0.3) is 11.0 Å². The summed E-state index contributed by atoms with van der Waals surface area (Å²) in [5.74, 6) is -1.17. The lowest BCUT2D eigenvalue weighted by Crippen LogP contribution is -2.35. The molecule has 2 aromatic carbocycles. The van der Waals surface area contributed by atoms with Crippen molar-refractivity contribution in [3.05, 3.63) is 93.6 Å². The fraction of sp³-hybridized carbons (Fsp3) is 0.259. The topological polar surface area (TPSA) is 92.5 Å². The van der Waals surface area contributed by atoms with Crippen molar-refractivity contribution in [2.24, 2.45) is 5.92 Å². The van der Waals surface area contributed by atoms with Crippen LogP contribution in [0.4, 0.5) is 0 Å². The highest BCUT2D eigenvalue weighted by Gasteiger charge is 2.46. The molecule has 0 bridgehead atoms. The molecule has 0 N–H and O–H groups in total. The van der Waals surface area contributed by atoms with Crippen molar-refractivity contribution in [2.45, 2.75) is 32.3 Å². The maximum absolute atomic E-state index is 12.9. The van der Waals surface area contributed by atoms with Gasteiger partial charge in [0.2, 0.25) is 0 Å². The van der Waals surface area contributed by atoms with Crippen LogP contribution in [0, 0.1) is 16.4 Å². The Hall–Kier alpha value is -3.31. The zero-order valence-corrected chi connectivity index (χ0v) is 21.9. The summed E-state index contributed by atoms with van der Waals surface area (Å²) in [5, 5.41) is 0.950. The molecule has 36 heavy (non-hydrogen) atoms. The van der Waals surface area contributed by atoms with Crippen LogP contribution in [0.5, 0.6) is 0 Å². The number of hydrogen-bond acceptors (Lipinski definition) is 7. The van der Waals surface area contributed by atoms with Crippen molar-refractivity contribution in [3.63, 3.8) is 0 Å². The number of hydrogen-bond donors (Lipinski definition) is 0. The number of fused-ring (bicyclic) bond motifs is 1. The number of aryl methyl sites for hydroxylation is 1. The van der Waals surface area contributed by atoms with Crippen LogP contribution in [-0.2, 0) is 14.2 Å². The maximum Gasteiger partial charge on any atom is 0.338 e. The summed E-state index contributed by atoms with van der Waals surface area (Å²) >= 11 is 2.26. The average molecular weight is 597 g/mol. The minimum atomic E-state index is -0.664. The fourth-order valence-corrected chi connectivity index (χ4v) is 5.41. The zero-order valence-electron chi connectivity index (χ0n) is 19.7. The average Bonchev–Trinajstić information content (AvgIpc) is 3.40. The summed E-state index contributed by atoms with van der Waals surface area (Å²) in [4.78, 5) is 34.3. The lowest BCUT2D eigenvalue weighted by atomic mass is 10.0. The standard InChI is InChI=1S/C27H24IN3O5/c1-16-23(36-27(33)19-11-7-4-8-12-19)21(14-34-26(32)18-9-5-3-6-10-18)35-25(16)31-13-20(28)22-17(2)29-15-30-24(22)31/h3-13,15-16,21,23,25H,14H2,1-2H3/t16-,21?,23?,25?/m0/s1. The molecule has 1 aliphatic heterocycles.